The summed E-state index contributed by atoms with van der Waals surface area (Å²) in [5, 5.41) is 22.1. The molecule has 0 saturated carbocycles. The Morgan fingerprint density at radius 3 is 2.76 bits per heavy atom. The van der Waals surface area contributed by atoms with Gasteiger partial charge in [-0.05, 0) is 18.6 Å². The fraction of sp³-hybridized carbons (Fsp3) is 0.267. The molecular formula is C15H17N5O. The number of aromatic nitrogens is 5. The Morgan fingerprint density at radius 1 is 1.19 bits per heavy atom. The molecule has 2 aromatic heterocycles. The first-order chi connectivity index (χ1) is 10.3. The molecule has 3 aromatic rings. The fourth-order valence-electron chi connectivity index (χ4n) is 2.10. The summed E-state index contributed by atoms with van der Waals surface area (Å²) < 4.78 is 3.54. The molecule has 21 heavy (non-hydrogen) atoms. The van der Waals surface area contributed by atoms with E-state index in [2.05, 4.69) is 15.4 Å². The first-order valence-electron chi connectivity index (χ1n) is 6.93. The summed E-state index contributed by atoms with van der Waals surface area (Å²) in [4.78, 5) is 0. The van der Waals surface area contributed by atoms with Gasteiger partial charge in [0, 0.05) is 11.8 Å². The quantitative estimate of drug-likeness (QED) is 0.777. The average Bonchev–Trinajstić information content (AvgIpc) is 3.17. The molecule has 108 valence electrons. The molecule has 3 rings (SSSR count). The van der Waals surface area contributed by atoms with Crippen LogP contribution in [-0.2, 0) is 6.54 Å². The maximum atomic E-state index is 9.73. The highest BCUT2D eigenvalue weighted by molar-refractivity contribution is 5.30. The van der Waals surface area contributed by atoms with Gasteiger partial charge in [0.05, 0.1) is 30.7 Å². The van der Waals surface area contributed by atoms with E-state index in [1.165, 1.54) is 0 Å². The number of hydrogen-bond donors (Lipinski definition) is 1. The zero-order valence-electron chi connectivity index (χ0n) is 11.8. The smallest absolute Gasteiger partial charge is 0.111 e. The van der Waals surface area contributed by atoms with Gasteiger partial charge in [0.1, 0.15) is 5.69 Å². The number of hydrogen-bond acceptors (Lipinski definition) is 4. The van der Waals surface area contributed by atoms with Gasteiger partial charge in [-0.15, -0.1) is 5.10 Å². The van der Waals surface area contributed by atoms with Crippen molar-refractivity contribution < 1.29 is 5.11 Å². The van der Waals surface area contributed by atoms with E-state index in [9.17, 15) is 5.11 Å². The highest BCUT2D eigenvalue weighted by Gasteiger charge is 2.10. The van der Waals surface area contributed by atoms with Gasteiger partial charge in [0.25, 0.3) is 0 Å². The minimum absolute atomic E-state index is 0.550. The van der Waals surface area contributed by atoms with Crippen LogP contribution in [0.15, 0.2) is 48.9 Å². The van der Waals surface area contributed by atoms with Crippen molar-refractivity contribution in [1.82, 2.24) is 24.8 Å². The number of nitrogens with zero attached hydrogens (tertiary/aromatic N) is 5. The maximum Gasteiger partial charge on any atom is 0.111 e. The maximum absolute atomic E-state index is 9.73. The van der Waals surface area contributed by atoms with Crippen LogP contribution in [0.25, 0.3) is 5.69 Å². The SMILES string of the molecule is CCC(O)c1cn(Cc2cnn(-c3ccccc3)c2)nn1. The van der Waals surface area contributed by atoms with Crippen molar-refractivity contribution in [1.29, 1.82) is 0 Å². The first kappa shape index (κ1) is 13.5. The molecule has 1 unspecified atom stereocenters. The van der Waals surface area contributed by atoms with Gasteiger partial charge >= 0.3 is 0 Å². The zero-order chi connectivity index (χ0) is 14.7. The molecule has 0 aliphatic carbocycles. The molecule has 6 nitrogen and oxygen atoms in total. The minimum Gasteiger partial charge on any atom is -0.387 e. The largest absolute Gasteiger partial charge is 0.387 e. The Bertz CT molecular complexity index is 704. The molecule has 0 aliphatic rings. The second kappa shape index (κ2) is 5.88. The Hall–Kier alpha value is -2.47. The molecule has 1 atom stereocenters. The zero-order valence-corrected chi connectivity index (χ0v) is 11.8. The summed E-state index contributed by atoms with van der Waals surface area (Å²) in [6.07, 6.45) is 5.63. The van der Waals surface area contributed by atoms with Gasteiger partial charge in [-0.1, -0.05) is 30.3 Å². The van der Waals surface area contributed by atoms with Gasteiger partial charge in [-0.25, -0.2) is 9.36 Å². The van der Waals surface area contributed by atoms with Crippen molar-refractivity contribution in [2.24, 2.45) is 0 Å². The van der Waals surface area contributed by atoms with Crippen LogP contribution in [0.5, 0.6) is 0 Å². The number of aliphatic hydroxyl groups excluding tert-OH is 1. The van der Waals surface area contributed by atoms with Crippen LogP contribution in [0.1, 0.15) is 30.7 Å². The predicted molar refractivity (Wildman–Crippen MR) is 77.9 cm³/mol. The van der Waals surface area contributed by atoms with Crippen molar-refractivity contribution in [3.63, 3.8) is 0 Å². The molecular weight excluding hydrogens is 266 g/mol. The van der Waals surface area contributed by atoms with Crippen molar-refractivity contribution in [2.75, 3.05) is 0 Å². The summed E-state index contributed by atoms with van der Waals surface area (Å²) in [7, 11) is 0. The van der Waals surface area contributed by atoms with E-state index in [1.54, 1.807) is 10.9 Å². The minimum atomic E-state index is -0.550. The predicted octanol–water partition coefficient (Wildman–Crippen LogP) is 1.96. The van der Waals surface area contributed by atoms with E-state index in [0.717, 1.165) is 11.3 Å². The van der Waals surface area contributed by atoms with E-state index in [-0.39, 0.29) is 0 Å². The summed E-state index contributed by atoms with van der Waals surface area (Å²) in [5.41, 5.74) is 2.65. The van der Waals surface area contributed by atoms with Crippen molar-refractivity contribution in [3.05, 3.63) is 60.2 Å². The van der Waals surface area contributed by atoms with E-state index < -0.39 is 6.10 Å². The van der Waals surface area contributed by atoms with Crippen molar-refractivity contribution in [3.8, 4) is 5.69 Å². The van der Waals surface area contributed by atoms with Gasteiger partial charge < -0.3 is 5.11 Å². The Kier molecular flexibility index (Phi) is 3.79. The Balaban J connectivity index is 1.74. The molecule has 0 bridgehead atoms. The summed E-state index contributed by atoms with van der Waals surface area (Å²) in [6, 6.07) is 9.94. The highest BCUT2D eigenvalue weighted by atomic mass is 16.3. The molecule has 0 radical (unpaired) electrons. The summed E-state index contributed by atoms with van der Waals surface area (Å²) >= 11 is 0. The molecule has 2 heterocycles. The topological polar surface area (TPSA) is 68.8 Å². The summed E-state index contributed by atoms with van der Waals surface area (Å²) in [5.74, 6) is 0. The van der Waals surface area contributed by atoms with Crippen LogP contribution in [0.4, 0.5) is 0 Å². The molecule has 1 N–H and O–H groups in total. The molecule has 1 aromatic carbocycles. The van der Waals surface area contributed by atoms with E-state index >= 15 is 0 Å². The molecule has 0 spiro atoms. The van der Waals surface area contributed by atoms with Gasteiger partial charge in [0.2, 0.25) is 0 Å². The number of aliphatic hydroxyl groups is 1. The lowest BCUT2D eigenvalue weighted by molar-refractivity contribution is 0.168. The molecule has 0 saturated heterocycles. The second-order valence-electron chi connectivity index (χ2n) is 4.89. The van der Waals surface area contributed by atoms with Crippen LogP contribution in [0.3, 0.4) is 0 Å². The third-order valence-electron chi connectivity index (χ3n) is 3.29. The first-order valence-corrected chi connectivity index (χ1v) is 6.93. The van der Waals surface area contributed by atoms with Gasteiger partial charge in [0.15, 0.2) is 0 Å². The van der Waals surface area contributed by atoms with Crippen LogP contribution in [0, 0.1) is 0 Å². The normalized spacial score (nSPS) is 12.5. The van der Waals surface area contributed by atoms with E-state index in [1.807, 2.05) is 54.3 Å². The highest BCUT2D eigenvalue weighted by Crippen LogP contribution is 2.13. The van der Waals surface area contributed by atoms with Gasteiger partial charge in [-0.3, -0.25) is 0 Å². The van der Waals surface area contributed by atoms with Crippen LogP contribution < -0.4 is 0 Å². The third kappa shape index (κ3) is 3.00. The Labute approximate surface area is 122 Å². The Morgan fingerprint density at radius 2 is 2.00 bits per heavy atom. The number of rotatable bonds is 5. The second-order valence-corrected chi connectivity index (χ2v) is 4.89. The van der Waals surface area contributed by atoms with Crippen LogP contribution >= 0.6 is 0 Å². The third-order valence-corrected chi connectivity index (χ3v) is 3.29. The van der Waals surface area contributed by atoms with Crippen molar-refractivity contribution >= 4 is 0 Å². The van der Waals surface area contributed by atoms with E-state index in [0.29, 0.717) is 18.7 Å². The van der Waals surface area contributed by atoms with Crippen LogP contribution in [0.2, 0.25) is 0 Å². The van der Waals surface area contributed by atoms with Gasteiger partial charge in [-0.2, -0.15) is 5.10 Å². The molecule has 6 heteroatoms. The van der Waals surface area contributed by atoms with E-state index in [4.69, 9.17) is 0 Å². The number of benzene rings is 1. The molecule has 0 aliphatic heterocycles. The monoisotopic (exact) mass is 283 g/mol. The molecule has 0 amide bonds. The standard InChI is InChI=1S/C15H17N5O/c1-2-15(21)14-11-19(18-17-14)9-12-8-16-20(10-12)13-6-4-3-5-7-13/h3-8,10-11,15,21H,2,9H2,1H3. The average molecular weight is 283 g/mol. The lowest BCUT2D eigenvalue weighted by Crippen LogP contribution is -1.99. The molecule has 0 fully saturated rings. The fourth-order valence-corrected chi connectivity index (χ4v) is 2.10. The van der Waals surface area contributed by atoms with Crippen molar-refractivity contribution in [2.45, 2.75) is 26.0 Å². The van der Waals surface area contributed by atoms with Crippen LogP contribution in [-0.4, -0.2) is 29.9 Å². The lowest BCUT2D eigenvalue weighted by atomic mass is 10.2. The summed E-state index contributed by atoms with van der Waals surface area (Å²) in [6.45, 7) is 2.49. The lowest BCUT2D eigenvalue weighted by Gasteiger charge is -2.01. The number of para-hydroxylation sites is 1.